The number of alkyl halides is 3. The van der Waals surface area contributed by atoms with Crippen LogP contribution in [-0.2, 0) is 27.5 Å². The predicted octanol–water partition coefficient (Wildman–Crippen LogP) is 6.00. The number of rotatable bonds is 9. The van der Waals surface area contributed by atoms with Crippen LogP contribution in [0.5, 0.6) is 0 Å². The van der Waals surface area contributed by atoms with Gasteiger partial charge in [-0.1, -0.05) is 49.4 Å². The average molecular weight is 517 g/mol. The molecular weight excluding hydrogens is 489 g/mol. The summed E-state index contributed by atoms with van der Waals surface area (Å²) in [6.45, 7) is 2.34. The second-order valence-corrected chi connectivity index (χ2v) is 10.6. The third kappa shape index (κ3) is 5.96. The number of amides is 1. The Balaban J connectivity index is 1.67. The summed E-state index contributed by atoms with van der Waals surface area (Å²) in [5.41, 5.74) is 1.91. The third-order valence-corrected chi connectivity index (χ3v) is 7.50. The van der Waals surface area contributed by atoms with E-state index >= 15 is 0 Å². The second-order valence-electron chi connectivity index (χ2n) is 8.83. The van der Waals surface area contributed by atoms with Crippen molar-refractivity contribution in [1.82, 2.24) is 4.72 Å². The number of carbonyl (C=O) groups is 1. The molecule has 0 aliphatic heterocycles. The summed E-state index contributed by atoms with van der Waals surface area (Å²) in [4.78, 5) is 15.0. The molecule has 9 heteroatoms. The van der Waals surface area contributed by atoms with Crippen LogP contribution in [0.4, 0.5) is 18.9 Å². The highest BCUT2D eigenvalue weighted by molar-refractivity contribution is 7.89. The molecule has 3 aromatic carbocycles. The largest absolute Gasteiger partial charge is 0.416 e. The molecule has 1 aliphatic carbocycles. The molecule has 1 amide bonds. The Kier molecular flexibility index (Phi) is 7.51. The van der Waals surface area contributed by atoms with E-state index in [0.29, 0.717) is 24.2 Å². The highest BCUT2D eigenvalue weighted by Gasteiger charge is 2.35. The van der Waals surface area contributed by atoms with Gasteiger partial charge in [0.1, 0.15) is 0 Å². The van der Waals surface area contributed by atoms with Crippen LogP contribution in [0.2, 0.25) is 0 Å². The standard InChI is InChI=1S/C27H27F3N2O3S/c1-2-17-31-36(34,35)23-15-11-20(12-16-23)24-5-3-4-6-25(24)32(26(33)21-9-10-21)18-19-7-13-22(14-8-19)27(28,29)30/h3-8,11-16,21,31H,2,9-10,17-18H2,1H3. The summed E-state index contributed by atoms with van der Waals surface area (Å²) in [5.74, 6) is -0.185. The van der Waals surface area contributed by atoms with Crippen LogP contribution in [0.3, 0.4) is 0 Å². The van der Waals surface area contributed by atoms with Crippen LogP contribution >= 0.6 is 0 Å². The molecule has 0 atom stereocenters. The van der Waals surface area contributed by atoms with Gasteiger partial charge in [0.2, 0.25) is 15.9 Å². The van der Waals surface area contributed by atoms with Crippen molar-refractivity contribution in [3.8, 4) is 11.1 Å². The fraction of sp³-hybridized carbons (Fsp3) is 0.296. The van der Waals surface area contributed by atoms with Crippen molar-refractivity contribution >= 4 is 21.6 Å². The topological polar surface area (TPSA) is 66.5 Å². The van der Waals surface area contributed by atoms with Gasteiger partial charge < -0.3 is 4.90 Å². The Morgan fingerprint density at radius 2 is 1.61 bits per heavy atom. The van der Waals surface area contributed by atoms with Crippen LogP contribution in [0.25, 0.3) is 11.1 Å². The van der Waals surface area contributed by atoms with E-state index < -0.39 is 21.8 Å². The minimum atomic E-state index is -4.43. The summed E-state index contributed by atoms with van der Waals surface area (Å²) in [6, 6.07) is 18.5. The molecule has 1 fully saturated rings. The van der Waals surface area contributed by atoms with Crippen LogP contribution in [0.15, 0.2) is 77.7 Å². The summed E-state index contributed by atoms with van der Waals surface area (Å²) < 4.78 is 66.4. The zero-order valence-electron chi connectivity index (χ0n) is 19.8. The van der Waals surface area contributed by atoms with Gasteiger partial charge in [-0.3, -0.25) is 4.79 Å². The lowest BCUT2D eigenvalue weighted by molar-refractivity contribution is -0.137. The van der Waals surface area contributed by atoms with Gasteiger partial charge in [0, 0.05) is 18.0 Å². The first kappa shape index (κ1) is 25.9. The molecule has 5 nitrogen and oxygen atoms in total. The van der Waals surface area contributed by atoms with Crippen LogP contribution < -0.4 is 9.62 Å². The molecule has 0 bridgehead atoms. The zero-order valence-corrected chi connectivity index (χ0v) is 20.6. The molecule has 1 saturated carbocycles. The van der Waals surface area contributed by atoms with Crippen molar-refractivity contribution in [3.63, 3.8) is 0 Å². The lowest BCUT2D eigenvalue weighted by Gasteiger charge is -2.26. The quantitative estimate of drug-likeness (QED) is 0.379. The number of para-hydroxylation sites is 1. The smallest absolute Gasteiger partial charge is 0.307 e. The molecular formula is C27H27F3N2O3S. The van der Waals surface area contributed by atoms with E-state index in [-0.39, 0.29) is 23.3 Å². The van der Waals surface area contributed by atoms with Gasteiger partial charge in [-0.2, -0.15) is 13.2 Å². The van der Waals surface area contributed by atoms with E-state index in [2.05, 4.69) is 4.72 Å². The Hall–Kier alpha value is -3.17. The number of anilines is 1. The normalized spacial score (nSPS) is 14.0. The number of carbonyl (C=O) groups excluding carboxylic acids is 1. The lowest BCUT2D eigenvalue weighted by atomic mass is 10.0. The monoisotopic (exact) mass is 516 g/mol. The zero-order chi connectivity index (χ0) is 25.9. The van der Waals surface area contributed by atoms with E-state index in [1.165, 1.54) is 24.3 Å². The maximum atomic E-state index is 13.3. The molecule has 0 saturated heterocycles. The van der Waals surface area contributed by atoms with E-state index in [1.807, 2.05) is 19.1 Å². The van der Waals surface area contributed by atoms with Crippen molar-refractivity contribution in [2.75, 3.05) is 11.4 Å². The molecule has 0 spiro atoms. The summed E-state index contributed by atoms with van der Waals surface area (Å²) in [7, 11) is -3.61. The minimum Gasteiger partial charge on any atom is -0.307 e. The Labute approximate surface area is 209 Å². The van der Waals surface area contributed by atoms with Gasteiger partial charge in [0.05, 0.1) is 22.7 Å². The maximum absolute atomic E-state index is 13.3. The summed E-state index contributed by atoms with van der Waals surface area (Å²) in [6.07, 6.45) is -2.20. The highest BCUT2D eigenvalue weighted by Crippen LogP contribution is 2.38. The number of nitrogens with one attached hydrogen (secondary N) is 1. The Morgan fingerprint density at radius 3 is 2.19 bits per heavy atom. The number of benzene rings is 3. The van der Waals surface area contributed by atoms with Gasteiger partial charge in [-0.15, -0.1) is 0 Å². The van der Waals surface area contributed by atoms with Crippen molar-refractivity contribution in [2.24, 2.45) is 5.92 Å². The third-order valence-electron chi connectivity index (χ3n) is 6.03. The lowest BCUT2D eigenvalue weighted by Crippen LogP contribution is -2.32. The van der Waals surface area contributed by atoms with Crippen molar-refractivity contribution in [2.45, 2.75) is 43.8 Å². The summed E-state index contributed by atoms with van der Waals surface area (Å²) in [5, 5.41) is 0. The van der Waals surface area contributed by atoms with Gasteiger partial charge in [0.25, 0.3) is 0 Å². The number of hydrogen-bond donors (Lipinski definition) is 1. The van der Waals surface area contributed by atoms with Crippen molar-refractivity contribution in [3.05, 3.63) is 83.9 Å². The molecule has 0 heterocycles. The fourth-order valence-electron chi connectivity index (χ4n) is 3.90. The highest BCUT2D eigenvalue weighted by atomic mass is 32.2. The van der Waals surface area contributed by atoms with Crippen LogP contribution in [0.1, 0.15) is 37.3 Å². The van der Waals surface area contributed by atoms with Crippen molar-refractivity contribution < 1.29 is 26.4 Å². The molecule has 4 rings (SSSR count). The molecule has 0 aromatic heterocycles. The van der Waals surface area contributed by atoms with E-state index in [9.17, 15) is 26.4 Å². The second kappa shape index (κ2) is 10.4. The Morgan fingerprint density at radius 1 is 0.972 bits per heavy atom. The fourth-order valence-corrected chi connectivity index (χ4v) is 5.03. The molecule has 1 aliphatic rings. The van der Waals surface area contributed by atoms with Crippen molar-refractivity contribution in [1.29, 1.82) is 0 Å². The number of sulfonamides is 1. The molecule has 36 heavy (non-hydrogen) atoms. The molecule has 0 radical (unpaired) electrons. The number of halogens is 3. The predicted molar refractivity (Wildman–Crippen MR) is 133 cm³/mol. The summed E-state index contributed by atoms with van der Waals surface area (Å²) >= 11 is 0. The minimum absolute atomic E-state index is 0.0784. The number of hydrogen-bond acceptors (Lipinski definition) is 3. The van der Waals surface area contributed by atoms with Gasteiger partial charge in [-0.05, 0) is 60.7 Å². The van der Waals surface area contributed by atoms with E-state index in [0.717, 1.165) is 36.1 Å². The molecule has 1 N–H and O–H groups in total. The first-order valence-electron chi connectivity index (χ1n) is 11.8. The van der Waals surface area contributed by atoms with E-state index in [1.54, 1.807) is 29.2 Å². The van der Waals surface area contributed by atoms with E-state index in [4.69, 9.17) is 0 Å². The first-order valence-corrected chi connectivity index (χ1v) is 13.2. The SMILES string of the molecule is CCCNS(=O)(=O)c1ccc(-c2ccccc2N(Cc2ccc(C(F)(F)F)cc2)C(=O)C2CC2)cc1. The first-order chi connectivity index (χ1) is 17.1. The molecule has 3 aromatic rings. The van der Waals surface area contributed by atoms with Crippen LogP contribution in [0, 0.1) is 5.92 Å². The molecule has 190 valence electrons. The Bertz CT molecular complexity index is 1320. The van der Waals surface area contributed by atoms with Gasteiger partial charge in [0.15, 0.2) is 0 Å². The molecule has 0 unspecified atom stereocenters. The average Bonchev–Trinajstić information content (AvgIpc) is 3.71. The number of nitrogens with zero attached hydrogens (tertiary/aromatic N) is 1. The maximum Gasteiger partial charge on any atom is 0.416 e. The van der Waals surface area contributed by atoms with Gasteiger partial charge in [-0.25, -0.2) is 13.1 Å². The van der Waals surface area contributed by atoms with Crippen LogP contribution in [-0.4, -0.2) is 20.9 Å². The van der Waals surface area contributed by atoms with Gasteiger partial charge >= 0.3 is 6.18 Å².